The van der Waals surface area contributed by atoms with Crippen LogP contribution in [0.25, 0.3) is 0 Å². The zero-order chi connectivity index (χ0) is 21.7. The van der Waals surface area contributed by atoms with Gasteiger partial charge in [-0.25, -0.2) is 4.79 Å². The molecule has 8 nitrogen and oxygen atoms in total. The van der Waals surface area contributed by atoms with E-state index in [1.807, 2.05) is 24.3 Å². The fraction of sp³-hybridized carbons (Fsp3) is 0.636. The molecule has 0 aromatic heterocycles. The van der Waals surface area contributed by atoms with Crippen molar-refractivity contribution in [3.05, 3.63) is 29.8 Å². The number of hydrogen-bond acceptors (Lipinski definition) is 7. The molecule has 1 aromatic carbocycles. The minimum absolute atomic E-state index is 0.115. The molecule has 2 unspecified atom stereocenters. The van der Waals surface area contributed by atoms with Crippen molar-refractivity contribution >= 4 is 17.6 Å². The highest BCUT2D eigenvalue weighted by molar-refractivity contribution is 5.97. The van der Waals surface area contributed by atoms with Gasteiger partial charge in [0.1, 0.15) is 6.04 Å². The van der Waals surface area contributed by atoms with Gasteiger partial charge in [-0.3, -0.25) is 10.1 Å². The maximum atomic E-state index is 12.9. The second-order valence-corrected chi connectivity index (χ2v) is 7.96. The largest absolute Gasteiger partial charge is 0.467 e. The molecule has 3 atom stereocenters. The van der Waals surface area contributed by atoms with Crippen LogP contribution in [0.2, 0.25) is 0 Å². The fourth-order valence-corrected chi connectivity index (χ4v) is 4.48. The van der Waals surface area contributed by atoms with Crippen LogP contribution in [-0.4, -0.2) is 75.7 Å². The molecule has 0 spiro atoms. The standard InChI is InChI=1S/C22H33N3O5/c1-15-14-17(23-22(29-3)30-4)11-13-24(15)18-9-7-16(8-10-18)20(26)25-12-5-6-19(25)21(27)28-2/h7-10,15,17,19,22-23H,5-6,11-14H2,1-4H3/t15?,17?,19-/m0/s1. The van der Waals surface area contributed by atoms with E-state index in [0.717, 1.165) is 31.5 Å². The van der Waals surface area contributed by atoms with Crippen molar-refractivity contribution in [3.63, 3.8) is 0 Å². The summed E-state index contributed by atoms with van der Waals surface area (Å²) in [5, 5.41) is 3.37. The lowest BCUT2D eigenvalue weighted by molar-refractivity contribution is -0.145. The van der Waals surface area contributed by atoms with Gasteiger partial charge in [0.15, 0.2) is 0 Å². The van der Waals surface area contributed by atoms with E-state index in [4.69, 9.17) is 14.2 Å². The number of amides is 1. The number of likely N-dealkylation sites (tertiary alicyclic amines) is 1. The molecule has 2 aliphatic rings. The van der Waals surface area contributed by atoms with Gasteiger partial charge >= 0.3 is 5.97 Å². The zero-order valence-corrected chi connectivity index (χ0v) is 18.3. The molecule has 2 fully saturated rings. The van der Waals surface area contributed by atoms with Gasteiger partial charge < -0.3 is 24.0 Å². The molecule has 1 N–H and O–H groups in total. The molecule has 2 heterocycles. The van der Waals surface area contributed by atoms with Crippen molar-refractivity contribution < 1.29 is 23.8 Å². The Labute approximate surface area is 178 Å². The van der Waals surface area contributed by atoms with Gasteiger partial charge in [0, 0.05) is 50.6 Å². The number of ether oxygens (including phenoxy) is 3. The summed E-state index contributed by atoms with van der Waals surface area (Å²) < 4.78 is 15.3. The van der Waals surface area contributed by atoms with Crippen LogP contribution in [0, 0.1) is 0 Å². The van der Waals surface area contributed by atoms with Crippen LogP contribution < -0.4 is 10.2 Å². The van der Waals surface area contributed by atoms with E-state index in [1.54, 1.807) is 19.1 Å². The predicted octanol–water partition coefficient (Wildman–Crippen LogP) is 1.99. The number of esters is 1. The van der Waals surface area contributed by atoms with Gasteiger partial charge in [0.25, 0.3) is 5.91 Å². The number of carbonyl (C=O) groups excluding carboxylic acids is 2. The normalized spacial score (nSPS) is 24.4. The predicted molar refractivity (Wildman–Crippen MR) is 113 cm³/mol. The van der Waals surface area contributed by atoms with Crippen molar-refractivity contribution in [2.75, 3.05) is 39.3 Å². The smallest absolute Gasteiger partial charge is 0.328 e. The number of nitrogens with zero attached hydrogens (tertiary/aromatic N) is 2. The first-order valence-corrected chi connectivity index (χ1v) is 10.6. The molecule has 0 aliphatic carbocycles. The summed E-state index contributed by atoms with van der Waals surface area (Å²) in [6.45, 7) is 3.69. The highest BCUT2D eigenvalue weighted by Gasteiger charge is 2.35. The second-order valence-electron chi connectivity index (χ2n) is 7.96. The van der Waals surface area contributed by atoms with Gasteiger partial charge in [-0.05, 0) is 56.9 Å². The van der Waals surface area contributed by atoms with Crippen molar-refractivity contribution in [3.8, 4) is 0 Å². The molecule has 166 valence electrons. The van der Waals surface area contributed by atoms with Gasteiger partial charge in [-0.2, -0.15) is 0 Å². The van der Waals surface area contributed by atoms with E-state index in [9.17, 15) is 9.59 Å². The maximum Gasteiger partial charge on any atom is 0.328 e. The van der Waals surface area contributed by atoms with Crippen molar-refractivity contribution in [2.24, 2.45) is 0 Å². The summed E-state index contributed by atoms with van der Waals surface area (Å²) in [4.78, 5) is 28.8. The van der Waals surface area contributed by atoms with Crippen LogP contribution in [0.5, 0.6) is 0 Å². The van der Waals surface area contributed by atoms with Crippen LogP contribution in [-0.2, 0) is 19.0 Å². The Kier molecular flexibility index (Phi) is 7.69. The molecular formula is C22H33N3O5. The Morgan fingerprint density at radius 1 is 1.07 bits per heavy atom. The lowest BCUT2D eigenvalue weighted by atomic mass is 9.97. The Balaban J connectivity index is 1.62. The average molecular weight is 420 g/mol. The molecule has 0 bridgehead atoms. The summed E-state index contributed by atoms with van der Waals surface area (Å²) in [5.41, 5.74) is 1.69. The third-order valence-electron chi connectivity index (χ3n) is 6.11. The first-order valence-electron chi connectivity index (χ1n) is 10.6. The van der Waals surface area contributed by atoms with E-state index in [1.165, 1.54) is 7.11 Å². The number of rotatable bonds is 7. The topological polar surface area (TPSA) is 80.3 Å². The molecule has 2 aliphatic heterocycles. The summed E-state index contributed by atoms with van der Waals surface area (Å²) >= 11 is 0. The highest BCUT2D eigenvalue weighted by Crippen LogP contribution is 2.27. The molecule has 3 rings (SSSR count). The van der Waals surface area contributed by atoms with Crippen molar-refractivity contribution in [1.29, 1.82) is 0 Å². The van der Waals surface area contributed by atoms with Crippen molar-refractivity contribution in [2.45, 2.75) is 57.1 Å². The minimum atomic E-state index is -0.475. The third kappa shape index (κ3) is 4.94. The van der Waals surface area contributed by atoms with Gasteiger partial charge in [-0.1, -0.05) is 0 Å². The highest BCUT2D eigenvalue weighted by atomic mass is 16.7. The molecule has 8 heteroatoms. The van der Waals surface area contributed by atoms with E-state index < -0.39 is 12.5 Å². The van der Waals surface area contributed by atoms with Crippen LogP contribution in [0.3, 0.4) is 0 Å². The zero-order valence-electron chi connectivity index (χ0n) is 18.3. The van der Waals surface area contributed by atoms with Crippen LogP contribution >= 0.6 is 0 Å². The number of anilines is 1. The van der Waals surface area contributed by atoms with Crippen LogP contribution in [0.1, 0.15) is 43.0 Å². The summed E-state index contributed by atoms with van der Waals surface area (Å²) in [5.74, 6) is -0.456. The monoisotopic (exact) mass is 419 g/mol. The van der Waals surface area contributed by atoms with E-state index >= 15 is 0 Å². The molecule has 0 saturated carbocycles. The van der Waals surface area contributed by atoms with E-state index in [2.05, 4.69) is 17.1 Å². The Bertz CT molecular complexity index is 722. The Morgan fingerprint density at radius 2 is 1.77 bits per heavy atom. The molecule has 2 saturated heterocycles. The Hall–Kier alpha value is -2.16. The van der Waals surface area contributed by atoms with Crippen LogP contribution in [0.4, 0.5) is 5.69 Å². The number of benzene rings is 1. The van der Waals surface area contributed by atoms with Gasteiger partial charge in [0.2, 0.25) is 6.41 Å². The van der Waals surface area contributed by atoms with Crippen molar-refractivity contribution in [1.82, 2.24) is 10.2 Å². The SMILES string of the molecule is COC(=O)[C@@H]1CCCN1C(=O)c1ccc(N2CCC(NC(OC)OC)CC2C)cc1. The van der Waals surface area contributed by atoms with Gasteiger partial charge in [0.05, 0.1) is 7.11 Å². The van der Waals surface area contributed by atoms with E-state index in [0.29, 0.717) is 30.6 Å². The summed E-state index contributed by atoms with van der Waals surface area (Å²) in [7, 11) is 4.61. The maximum absolute atomic E-state index is 12.9. The summed E-state index contributed by atoms with van der Waals surface area (Å²) in [6.07, 6.45) is 3.03. The lowest BCUT2D eigenvalue weighted by Crippen LogP contribution is -2.50. The number of methoxy groups -OCH3 is 3. The molecule has 0 radical (unpaired) electrons. The lowest BCUT2D eigenvalue weighted by Gasteiger charge is -2.40. The molecule has 30 heavy (non-hydrogen) atoms. The van der Waals surface area contributed by atoms with E-state index in [-0.39, 0.29) is 11.9 Å². The minimum Gasteiger partial charge on any atom is -0.467 e. The number of piperidine rings is 1. The first kappa shape index (κ1) is 22.5. The number of nitrogens with one attached hydrogen (secondary N) is 1. The third-order valence-corrected chi connectivity index (χ3v) is 6.11. The number of hydrogen-bond donors (Lipinski definition) is 1. The molecular weight excluding hydrogens is 386 g/mol. The Morgan fingerprint density at radius 3 is 2.37 bits per heavy atom. The molecule has 1 amide bonds. The quantitative estimate of drug-likeness (QED) is 0.535. The number of carbonyl (C=O) groups is 2. The molecule has 1 aromatic rings. The van der Waals surface area contributed by atoms with Gasteiger partial charge in [-0.15, -0.1) is 0 Å². The second kappa shape index (κ2) is 10.2. The fourth-order valence-electron chi connectivity index (χ4n) is 4.48. The summed E-state index contributed by atoms with van der Waals surface area (Å²) in [6, 6.07) is 7.89. The average Bonchev–Trinajstić information content (AvgIpc) is 3.26. The first-order chi connectivity index (χ1) is 14.5. The van der Waals surface area contributed by atoms with Crippen LogP contribution in [0.15, 0.2) is 24.3 Å².